The third-order valence-corrected chi connectivity index (χ3v) is 4.07. The Kier molecular flexibility index (Phi) is 4.70. The van der Waals surface area contributed by atoms with Gasteiger partial charge in [0.25, 0.3) is 0 Å². The summed E-state index contributed by atoms with van der Waals surface area (Å²) in [5.74, 6) is 0.387. The summed E-state index contributed by atoms with van der Waals surface area (Å²) in [6.07, 6.45) is 4.06. The predicted molar refractivity (Wildman–Crippen MR) is 101 cm³/mol. The van der Waals surface area contributed by atoms with E-state index in [9.17, 15) is 5.11 Å². The van der Waals surface area contributed by atoms with E-state index >= 15 is 0 Å². The van der Waals surface area contributed by atoms with Crippen molar-refractivity contribution in [1.82, 2.24) is 0 Å². The first-order chi connectivity index (χ1) is 10.6. The highest BCUT2D eigenvalue weighted by Crippen LogP contribution is 2.38. The third-order valence-electron chi connectivity index (χ3n) is 4.07. The second-order valence-electron chi connectivity index (χ2n) is 8.21. The van der Waals surface area contributed by atoms with E-state index in [2.05, 4.69) is 65.8 Å². The van der Waals surface area contributed by atoms with Gasteiger partial charge in [-0.15, -0.1) is 0 Å². The van der Waals surface area contributed by atoms with Gasteiger partial charge in [0.2, 0.25) is 0 Å². The highest BCUT2D eigenvalue weighted by Gasteiger charge is 2.24. The predicted octanol–water partition coefficient (Wildman–Crippen LogP) is 6.16. The number of phenolic OH excluding ortho intramolecular Hbond substituents is 1. The van der Waals surface area contributed by atoms with Crippen LogP contribution in [0.15, 0.2) is 42.5 Å². The zero-order valence-electron chi connectivity index (χ0n) is 15.1. The molecule has 0 radical (unpaired) electrons. The molecule has 0 atom stereocenters. The van der Waals surface area contributed by atoms with Crippen LogP contribution in [0.1, 0.15) is 63.8 Å². The average molecular weight is 308 g/mol. The summed E-state index contributed by atoms with van der Waals surface area (Å²) < 4.78 is 0. The van der Waals surface area contributed by atoms with Crippen LogP contribution in [-0.2, 0) is 10.8 Å². The molecule has 2 aromatic rings. The second-order valence-corrected chi connectivity index (χ2v) is 8.21. The van der Waals surface area contributed by atoms with E-state index in [-0.39, 0.29) is 10.8 Å². The molecule has 0 aliphatic carbocycles. The molecule has 1 N–H and O–H groups in total. The Bertz CT molecular complexity index is 695. The Morgan fingerprint density at radius 2 is 1.39 bits per heavy atom. The lowest BCUT2D eigenvalue weighted by Gasteiger charge is -2.27. The molecule has 0 heterocycles. The van der Waals surface area contributed by atoms with Gasteiger partial charge in [0.1, 0.15) is 5.75 Å². The molecule has 0 aliphatic heterocycles. The largest absolute Gasteiger partial charge is 0.507 e. The minimum absolute atomic E-state index is 0.0447. The fourth-order valence-electron chi connectivity index (χ4n) is 2.54. The number of benzene rings is 2. The lowest BCUT2D eigenvalue weighted by atomic mass is 9.79. The average Bonchev–Trinajstić information content (AvgIpc) is 2.44. The van der Waals surface area contributed by atoms with Crippen molar-refractivity contribution in [1.29, 1.82) is 0 Å². The minimum Gasteiger partial charge on any atom is -0.507 e. The molecule has 0 spiro atoms. The molecule has 0 bridgehead atoms. The van der Waals surface area contributed by atoms with Crippen LogP contribution in [0.3, 0.4) is 0 Å². The van der Waals surface area contributed by atoms with Crippen molar-refractivity contribution in [3.8, 4) is 5.75 Å². The van der Waals surface area contributed by atoms with Crippen LogP contribution in [0.25, 0.3) is 12.2 Å². The van der Waals surface area contributed by atoms with Gasteiger partial charge in [-0.3, -0.25) is 0 Å². The Morgan fingerprint density at radius 3 is 1.91 bits per heavy atom. The van der Waals surface area contributed by atoms with Crippen molar-refractivity contribution in [2.24, 2.45) is 0 Å². The molecule has 0 saturated carbocycles. The Labute approximate surface area is 140 Å². The molecule has 0 unspecified atom stereocenters. The molecule has 2 aromatic carbocycles. The van der Waals surface area contributed by atoms with Crippen molar-refractivity contribution in [2.75, 3.05) is 0 Å². The highest BCUT2D eigenvalue weighted by atomic mass is 16.3. The fraction of sp³-hybridized carbons (Fsp3) is 0.364. The van der Waals surface area contributed by atoms with Crippen LogP contribution in [-0.4, -0.2) is 5.11 Å². The molecule has 122 valence electrons. The van der Waals surface area contributed by atoms with Crippen LogP contribution in [0, 0.1) is 0 Å². The van der Waals surface area contributed by atoms with Gasteiger partial charge in [0.15, 0.2) is 0 Å². The maximum Gasteiger partial charge on any atom is 0.126 e. The molecule has 0 amide bonds. The van der Waals surface area contributed by atoms with Crippen LogP contribution in [0.4, 0.5) is 0 Å². The minimum atomic E-state index is -0.0965. The van der Waals surface area contributed by atoms with Gasteiger partial charge in [-0.25, -0.2) is 0 Å². The van der Waals surface area contributed by atoms with E-state index < -0.39 is 0 Å². The lowest BCUT2D eigenvalue weighted by Crippen LogP contribution is -2.17. The molecule has 0 fully saturated rings. The monoisotopic (exact) mass is 308 g/mol. The molecule has 2 rings (SSSR count). The van der Waals surface area contributed by atoms with Crippen LogP contribution < -0.4 is 0 Å². The normalized spacial score (nSPS) is 12.8. The van der Waals surface area contributed by atoms with Gasteiger partial charge < -0.3 is 5.11 Å². The first-order valence-corrected chi connectivity index (χ1v) is 8.20. The molecular weight excluding hydrogens is 280 g/mol. The molecule has 0 aromatic heterocycles. The third kappa shape index (κ3) is 4.25. The van der Waals surface area contributed by atoms with Crippen molar-refractivity contribution in [3.05, 3.63) is 64.7 Å². The van der Waals surface area contributed by atoms with E-state index in [1.807, 2.05) is 30.4 Å². The standard InChI is InChI=1S/C22H28O/c1-21(2,3)18-14-17(13-12-16-10-8-7-9-11-16)20(23)19(15-18)22(4,5)6/h7-15,23H,1-6H3/b13-12+. The molecule has 0 saturated heterocycles. The molecular formula is C22H28O. The summed E-state index contributed by atoms with van der Waals surface area (Å²) >= 11 is 0. The van der Waals surface area contributed by atoms with E-state index in [4.69, 9.17) is 0 Å². The van der Waals surface area contributed by atoms with Crippen molar-refractivity contribution in [2.45, 2.75) is 52.4 Å². The number of hydrogen-bond donors (Lipinski definition) is 1. The van der Waals surface area contributed by atoms with Gasteiger partial charge in [0, 0.05) is 11.1 Å². The van der Waals surface area contributed by atoms with Crippen molar-refractivity contribution in [3.63, 3.8) is 0 Å². The maximum atomic E-state index is 10.7. The zero-order valence-corrected chi connectivity index (χ0v) is 15.1. The summed E-state index contributed by atoms with van der Waals surface area (Å²) in [5.41, 5.74) is 4.20. The quantitative estimate of drug-likeness (QED) is 0.659. The summed E-state index contributed by atoms with van der Waals surface area (Å²) in [6, 6.07) is 14.4. The molecule has 23 heavy (non-hydrogen) atoms. The first kappa shape index (κ1) is 17.3. The number of phenols is 1. The SMILES string of the molecule is CC(C)(C)c1cc(/C=C/c2ccccc2)c(O)c(C(C)(C)C)c1. The number of aromatic hydroxyl groups is 1. The highest BCUT2D eigenvalue weighted by molar-refractivity contribution is 5.74. The van der Waals surface area contributed by atoms with Crippen LogP contribution >= 0.6 is 0 Å². The molecule has 1 nitrogen and oxygen atoms in total. The molecule has 0 aliphatic rings. The topological polar surface area (TPSA) is 20.2 Å². The van der Waals surface area contributed by atoms with Gasteiger partial charge in [0.05, 0.1) is 0 Å². The number of hydrogen-bond acceptors (Lipinski definition) is 1. The fourth-order valence-corrected chi connectivity index (χ4v) is 2.54. The summed E-state index contributed by atoms with van der Waals surface area (Å²) in [4.78, 5) is 0. The first-order valence-electron chi connectivity index (χ1n) is 8.20. The summed E-state index contributed by atoms with van der Waals surface area (Å²) in [6.45, 7) is 13.0. The van der Waals surface area contributed by atoms with Gasteiger partial charge >= 0.3 is 0 Å². The van der Waals surface area contributed by atoms with Gasteiger partial charge in [-0.2, -0.15) is 0 Å². The van der Waals surface area contributed by atoms with E-state index in [1.54, 1.807) is 0 Å². The second kappa shape index (κ2) is 6.23. The maximum absolute atomic E-state index is 10.7. The van der Waals surface area contributed by atoms with E-state index in [0.717, 1.165) is 16.7 Å². The summed E-state index contributed by atoms with van der Waals surface area (Å²) in [7, 11) is 0. The van der Waals surface area contributed by atoms with Gasteiger partial charge in [-0.1, -0.05) is 90.1 Å². The Morgan fingerprint density at radius 1 is 0.783 bits per heavy atom. The van der Waals surface area contributed by atoms with Crippen molar-refractivity contribution >= 4 is 12.2 Å². The zero-order chi connectivity index (χ0) is 17.3. The van der Waals surface area contributed by atoms with Crippen LogP contribution in [0.2, 0.25) is 0 Å². The van der Waals surface area contributed by atoms with Crippen LogP contribution in [0.5, 0.6) is 5.75 Å². The molecule has 1 heteroatoms. The lowest BCUT2D eigenvalue weighted by molar-refractivity contribution is 0.443. The summed E-state index contributed by atoms with van der Waals surface area (Å²) in [5, 5.41) is 10.7. The Balaban J connectivity index is 2.56. The van der Waals surface area contributed by atoms with Crippen molar-refractivity contribution < 1.29 is 5.11 Å². The van der Waals surface area contributed by atoms with E-state index in [1.165, 1.54) is 5.56 Å². The smallest absolute Gasteiger partial charge is 0.126 e. The van der Waals surface area contributed by atoms with E-state index in [0.29, 0.717) is 5.75 Å². The van der Waals surface area contributed by atoms with Gasteiger partial charge in [-0.05, 0) is 28.0 Å². The Hall–Kier alpha value is -2.02. The number of rotatable bonds is 2.